The van der Waals surface area contributed by atoms with Crippen LogP contribution in [-0.2, 0) is 787 Å². The Hall–Kier alpha value is 24.8. The largest absolute Gasteiger partial charge is 1.00 e. The molecule has 0 amide bonds. The maximum Gasteiger partial charge on any atom is 1.00 e. The summed E-state index contributed by atoms with van der Waals surface area (Å²) in [5.74, 6) is 16.3. The molecule has 0 rings (SSSR count). The van der Waals surface area contributed by atoms with Gasteiger partial charge in [-0.1, -0.05) is 240 Å². The molecule has 0 N–H and O–H groups in total. The summed E-state index contributed by atoms with van der Waals surface area (Å²) in [4.78, 5) is 0. The first kappa shape index (κ1) is 286. The van der Waals surface area contributed by atoms with Crippen molar-refractivity contribution in [3.63, 3.8) is 0 Å². The maximum absolute atomic E-state index is 4.55. The van der Waals surface area contributed by atoms with Crippen molar-refractivity contribution in [2.45, 2.75) is 240 Å². The van der Waals surface area contributed by atoms with Crippen molar-refractivity contribution in [3.05, 3.63) is 0 Å². The van der Waals surface area contributed by atoms with Gasteiger partial charge < -0.3 is 227 Å². The van der Waals surface area contributed by atoms with Crippen molar-refractivity contribution in [2.75, 3.05) is 104 Å². The molecule has 0 unspecified atom stereocenters. The van der Waals surface area contributed by atoms with Gasteiger partial charge in [0.1, 0.15) is 0 Å². The zero-order valence-corrected chi connectivity index (χ0v) is 127. The van der Waals surface area contributed by atoms with E-state index in [0.717, 1.165) is 219 Å². The van der Waals surface area contributed by atoms with Crippen LogP contribution in [-0.4, -0.2) is 104 Å². The summed E-state index contributed by atoms with van der Waals surface area (Å²) >= 11 is 82.0. The molecule has 725 valence electrons. The van der Waals surface area contributed by atoms with E-state index in [2.05, 4.69) is 352 Å². The zero-order chi connectivity index (χ0) is 61.5. The third-order valence-corrected chi connectivity index (χ3v) is 11.0. The first-order chi connectivity index (χ1) is 34.5. The van der Waals surface area contributed by atoms with Crippen molar-refractivity contribution < 1.29 is 560 Å². The molecule has 0 aromatic heterocycles. The van der Waals surface area contributed by atoms with Gasteiger partial charge in [0.2, 0.25) is 0 Å². The van der Waals surface area contributed by atoms with Gasteiger partial charge in [0.15, 0.2) is 0 Å². The van der Waals surface area contributed by atoms with E-state index in [0.29, 0.717) is 0 Å². The quantitative estimate of drug-likeness (QED) is 0.0944. The molecule has 0 fully saturated rings. The van der Waals surface area contributed by atoms with Crippen molar-refractivity contribution in [1.29, 1.82) is 0 Å². The fraction of sp³-hybridized carbons (Fsp3) is 1.00. The van der Waals surface area contributed by atoms with E-state index in [1.165, 1.54) is 0 Å². The van der Waals surface area contributed by atoms with Gasteiger partial charge in [0, 0.05) is 157 Å². The molecule has 0 aromatic carbocycles. The first-order valence-electron chi connectivity index (χ1n) is 26.9. The summed E-state index contributed by atoms with van der Waals surface area (Å²) in [6, 6.07) is 0. The maximum atomic E-state index is 4.55. The first-order valence-corrected chi connectivity index (χ1v) is 37.3. The monoisotopic (exact) mass is 6270 g/mol. The van der Waals surface area contributed by atoms with Crippen molar-refractivity contribution >= 4 is 227 Å². The summed E-state index contributed by atoms with van der Waals surface area (Å²) in [5, 5.41) is 0. The molecule has 0 atom stereocenters. The fourth-order valence-electron chi connectivity index (χ4n) is 0. The van der Waals surface area contributed by atoms with E-state index < -0.39 is 0 Å². The average Bonchev–Trinajstić information content (AvgIpc) is 3.47. The predicted octanol–water partition coefficient (Wildman–Crippen LogP) is 16.9. The minimum atomic E-state index is 0. The minimum Gasteiger partial charge on any atom is -0.793 e. The van der Waals surface area contributed by atoms with Crippen LogP contribution in [0.15, 0.2) is 0 Å². The number of rotatable bonds is 18. The SMILES string of the molecule is CCC[S-].CCC[S-].CCC[S-].CCC[S-].CCC[S-].CCC[S-].CCC[S-].CCC[S-].CCC[S-].CCC[S-].CCC[S-].CCC[S-].CCC[S-].CCC[S-].CCC[S-].CCC[S-].CCC[S-].CCC[S-].[Au+].[Au+].[Au+].[Au+].[Au+].[Au+].[Au+].[Au+].[Au+].[Au+].[Au+].[Au+].[Au+].[Au+].[Au+].[Au+].[Au+].[Au+].[Au].[Au].[Au].[Au].[Au].[Au].[Au]. The van der Waals surface area contributed by atoms with Crippen LogP contribution >= 0.6 is 0 Å². The molecule has 0 bridgehead atoms. The standard InChI is InChI=1S/18C3H8S.25Au/c18*1-2-3-4;;;;;;;;;;;;;;;;;;;;;;;;;/h18*4H,2-3H2,1H3;;;;;;;;;;;;;;;;;;;;;;;;;/q;;;;;;;;;;;;;;;;;;;;;;;;;18*+1/p-18. The van der Waals surface area contributed by atoms with Crippen LogP contribution in [0.2, 0.25) is 0 Å². The topological polar surface area (TPSA) is 0 Å². The molecule has 0 spiro atoms. The van der Waals surface area contributed by atoms with Crippen LogP contribution in [0.4, 0.5) is 0 Å². The Morgan fingerprint density at radius 2 is 0.103 bits per heavy atom. The molecule has 97 heavy (non-hydrogen) atoms. The smallest absolute Gasteiger partial charge is 0.793 e. The van der Waals surface area contributed by atoms with E-state index >= 15 is 0 Å². The molecule has 43 heteroatoms. The molecule has 0 nitrogen and oxygen atoms in total. The van der Waals surface area contributed by atoms with Gasteiger partial charge in [-0.15, -0.1) is 0 Å². The van der Waals surface area contributed by atoms with E-state index in [-0.39, 0.29) is 560 Å². The molecule has 0 aliphatic rings. The minimum absolute atomic E-state index is 0. The third kappa shape index (κ3) is 931. The average molecular weight is 6280 g/mol. The molecule has 0 heterocycles. The Bertz CT molecular complexity index is 324. The second-order valence-electron chi connectivity index (χ2n) is 12.7. The van der Waals surface area contributed by atoms with Gasteiger partial charge in [-0.2, -0.15) is 104 Å². The summed E-state index contributed by atoms with van der Waals surface area (Å²) in [6.45, 7) is 37.4. The van der Waals surface area contributed by atoms with E-state index in [1.807, 2.05) is 0 Å². The van der Waals surface area contributed by atoms with Crippen LogP contribution in [0.5, 0.6) is 0 Å². The Balaban J connectivity index is -0.00000000765. The van der Waals surface area contributed by atoms with E-state index in [9.17, 15) is 0 Å². The normalized spacial score (nSPS) is 5.57. The molecule has 0 saturated carbocycles. The Morgan fingerprint density at radius 3 is 0.103 bits per heavy atom. The molecule has 7 radical (unpaired) electrons. The van der Waals surface area contributed by atoms with E-state index in [4.69, 9.17) is 0 Å². The Labute approximate surface area is 1100 Å². The van der Waals surface area contributed by atoms with Gasteiger partial charge in [-0.05, 0) is 0 Å². The molecule has 0 saturated heterocycles. The van der Waals surface area contributed by atoms with Gasteiger partial charge in [-0.3, -0.25) is 0 Å². The number of hydrogen-bond acceptors (Lipinski definition) is 18. The van der Waals surface area contributed by atoms with E-state index in [1.54, 1.807) is 0 Å². The third-order valence-electron chi connectivity index (χ3n) is 3.67. The van der Waals surface area contributed by atoms with Gasteiger partial charge in [0.25, 0.3) is 0 Å². The van der Waals surface area contributed by atoms with Crippen molar-refractivity contribution in [3.8, 4) is 0 Å². The molecule has 0 aliphatic heterocycles. The van der Waals surface area contributed by atoms with Crippen LogP contribution in [0.1, 0.15) is 240 Å². The zero-order valence-electron chi connectivity index (χ0n) is 58.3. The summed E-state index contributed by atoms with van der Waals surface area (Å²) in [6.07, 6.45) is 20.4. The summed E-state index contributed by atoms with van der Waals surface area (Å²) < 4.78 is 0. The summed E-state index contributed by atoms with van der Waals surface area (Å²) in [5.41, 5.74) is 0. The fourth-order valence-corrected chi connectivity index (χ4v) is 0. The Kier molecular flexibility index (Phi) is 1380. The summed E-state index contributed by atoms with van der Waals surface area (Å²) in [7, 11) is 0. The Morgan fingerprint density at radius 1 is 0.0928 bits per heavy atom. The van der Waals surface area contributed by atoms with Gasteiger partial charge in [-0.25, -0.2) is 0 Å². The van der Waals surface area contributed by atoms with Crippen LogP contribution in [0.25, 0.3) is 0 Å². The second-order valence-corrected chi connectivity index (χ2v) is 20.0. The molecular weight excluding hydrogens is 6150 g/mol. The predicted molar refractivity (Wildman–Crippen MR) is 405 cm³/mol. The molecule has 0 aromatic rings. The van der Waals surface area contributed by atoms with Crippen LogP contribution in [0.3, 0.4) is 0 Å². The molecular formula is C54H126Au25S18. The van der Waals surface area contributed by atoms with Crippen molar-refractivity contribution in [1.82, 2.24) is 0 Å². The van der Waals surface area contributed by atoms with Gasteiger partial charge >= 0.3 is 403 Å². The van der Waals surface area contributed by atoms with Gasteiger partial charge in [0.05, 0.1) is 0 Å². The van der Waals surface area contributed by atoms with Crippen molar-refractivity contribution in [2.24, 2.45) is 0 Å². The second kappa shape index (κ2) is 469. The van der Waals surface area contributed by atoms with Crippen LogP contribution in [0, 0.1) is 0 Å². The van der Waals surface area contributed by atoms with Crippen LogP contribution < -0.4 is 0 Å². The molecule has 0 aliphatic carbocycles. The number of hydrogen-bond donors (Lipinski definition) is 0.